The van der Waals surface area contributed by atoms with Crippen molar-refractivity contribution in [2.24, 2.45) is 0 Å². The highest BCUT2D eigenvalue weighted by Crippen LogP contribution is 2.37. The largest absolute Gasteiger partial charge is 0.512 e. The van der Waals surface area contributed by atoms with Gasteiger partial charge in [-0.25, -0.2) is 0 Å². The minimum Gasteiger partial charge on any atom is -0.512 e. The predicted molar refractivity (Wildman–Crippen MR) is 93.4 cm³/mol. The van der Waals surface area contributed by atoms with Crippen molar-refractivity contribution in [3.05, 3.63) is 57.6 Å². The Morgan fingerprint density at radius 2 is 1.14 bits per heavy atom. The molecule has 0 bridgehead atoms. The van der Waals surface area contributed by atoms with Crippen molar-refractivity contribution in [1.29, 1.82) is 0 Å². The van der Waals surface area contributed by atoms with Gasteiger partial charge in [-0.15, -0.1) is 0 Å². The van der Waals surface area contributed by atoms with Crippen molar-refractivity contribution in [1.82, 2.24) is 0 Å². The molecule has 0 radical (unpaired) electrons. The van der Waals surface area contributed by atoms with Crippen molar-refractivity contribution < 1.29 is 8.85 Å². The smallest absolute Gasteiger partial charge is 0.454 e. The first-order valence-electron chi connectivity index (χ1n) is 7.83. The summed E-state index contributed by atoms with van der Waals surface area (Å²) in [7, 11) is -2.27. The number of hydrogen-bond donors (Lipinski definition) is 0. The molecule has 3 rings (SSSR count). The SMILES string of the molecule is Cc1cc(C)c2c(c1)Cc1cc(C)cc(C)c1O[Si](C)(C)O2. The number of aryl methyl sites for hydroxylation is 4. The molecule has 0 aromatic heterocycles. The van der Waals surface area contributed by atoms with E-state index in [1.54, 1.807) is 0 Å². The van der Waals surface area contributed by atoms with Gasteiger partial charge in [-0.05, 0) is 49.9 Å². The third-order valence-electron chi connectivity index (χ3n) is 4.07. The minimum atomic E-state index is -2.27. The van der Waals surface area contributed by atoms with Crippen molar-refractivity contribution in [2.75, 3.05) is 0 Å². The monoisotopic (exact) mass is 312 g/mol. The number of hydrogen-bond acceptors (Lipinski definition) is 2. The van der Waals surface area contributed by atoms with Crippen LogP contribution in [0.25, 0.3) is 0 Å². The lowest BCUT2D eigenvalue weighted by molar-refractivity contribution is 0.386. The molecule has 0 spiro atoms. The second-order valence-electron chi connectivity index (χ2n) is 6.92. The lowest BCUT2D eigenvalue weighted by Crippen LogP contribution is -2.43. The molecule has 0 atom stereocenters. The van der Waals surface area contributed by atoms with Gasteiger partial charge in [0.1, 0.15) is 11.5 Å². The summed E-state index contributed by atoms with van der Waals surface area (Å²) in [6, 6.07) is 8.87. The van der Waals surface area contributed by atoms with Gasteiger partial charge in [0, 0.05) is 19.5 Å². The zero-order valence-corrected chi connectivity index (χ0v) is 15.3. The molecule has 0 amide bonds. The standard InChI is InChI=1S/C19H24O2Si/c1-12-7-14(3)18-16(9-12)11-17-10-13(2)8-15(4)19(17)21-22(5,6)20-18/h7-10H,11H2,1-6H3. The number of rotatable bonds is 0. The Morgan fingerprint density at radius 3 is 1.55 bits per heavy atom. The lowest BCUT2D eigenvalue weighted by Gasteiger charge is -2.32. The zero-order chi connectivity index (χ0) is 16.1. The highest BCUT2D eigenvalue weighted by atomic mass is 28.4. The second-order valence-corrected chi connectivity index (χ2v) is 10.1. The van der Waals surface area contributed by atoms with Crippen LogP contribution in [0, 0.1) is 27.7 Å². The molecule has 3 heteroatoms. The summed E-state index contributed by atoms with van der Waals surface area (Å²) in [5.41, 5.74) is 7.51. The highest BCUT2D eigenvalue weighted by Gasteiger charge is 2.34. The van der Waals surface area contributed by atoms with Crippen LogP contribution in [0.3, 0.4) is 0 Å². The molecular formula is C19H24O2Si. The Morgan fingerprint density at radius 1 is 0.727 bits per heavy atom. The molecule has 2 nitrogen and oxygen atoms in total. The lowest BCUT2D eigenvalue weighted by atomic mass is 9.96. The molecule has 0 saturated heterocycles. The first kappa shape index (κ1) is 15.2. The summed E-state index contributed by atoms with van der Waals surface area (Å²) >= 11 is 0. The van der Waals surface area contributed by atoms with Gasteiger partial charge in [-0.1, -0.05) is 35.4 Å². The molecule has 116 valence electrons. The summed E-state index contributed by atoms with van der Waals surface area (Å²) in [6.45, 7) is 12.8. The molecule has 0 fully saturated rings. The Kier molecular flexibility index (Phi) is 3.56. The van der Waals surface area contributed by atoms with Crippen LogP contribution in [-0.2, 0) is 6.42 Å². The van der Waals surface area contributed by atoms with Crippen LogP contribution in [0.15, 0.2) is 24.3 Å². The molecule has 22 heavy (non-hydrogen) atoms. The van der Waals surface area contributed by atoms with E-state index in [1.165, 1.54) is 33.4 Å². The first-order chi connectivity index (χ1) is 10.2. The van der Waals surface area contributed by atoms with E-state index in [0.29, 0.717) is 0 Å². The van der Waals surface area contributed by atoms with Crippen LogP contribution in [0.5, 0.6) is 11.5 Å². The van der Waals surface area contributed by atoms with Gasteiger partial charge in [-0.2, -0.15) is 0 Å². The van der Waals surface area contributed by atoms with Gasteiger partial charge in [0.05, 0.1) is 0 Å². The van der Waals surface area contributed by atoms with E-state index in [-0.39, 0.29) is 0 Å². The van der Waals surface area contributed by atoms with Crippen LogP contribution in [0.2, 0.25) is 13.1 Å². The van der Waals surface area contributed by atoms with Crippen LogP contribution in [0.4, 0.5) is 0 Å². The molecule has 1 aliphatic heterocycles. The number of fused-ring (bicyclic) bond motifs is 2. The maximum absolute atomic E-state index is 6.37. The quantitative estimate of drug-likeness (QED) is 0.638. The molecule has 1 heterocycles. The van der Waals surface area contributed by atoms with Gasteiger partial charge < -0.3 is 8.85 Å². The van der Waals surface area contributed by atoms with Crippen LogP contribution in [-0.4, -0.2) is 8.56 Å². The van der Waals surface area contributed by atoms with Crippen LogP contribution < -0.4 is 8.85 Å². The molecule has 1 aliphatic rings. The van der Waals surface area contributed by atoms with Crippen LogP contribution in [0.1, 0.15) is 33.4 Å². The summed E-state index contributed by atoms with van der Waals surface area (Å²) in [5, 5.41) is 0. The molecule has 0 saturated carbocycles. The third kappa shape index (κ3) is 2.78. The van der Waals surface area contributed by atoms with Gasteiger partial charge in [0.25, 0.3) is 0 Å². The highest BCUT2D eigenvalue weighted by molar-refractivity contribution is 6.66. The molecule has 2 aromatic carbocycles. The van der Waals surface area contributed by atoms with Crippen LogP contribution >= 0.6 is 0 Å². The molecular weight excluding hydrogens is 288 g/mol. The normalized spacial score (nSPS) is 15.7. The predicted octanol–water partition coefficient (Wildman–Crippen LogP) is 4.98. The Labute approximate surface area is 134 Å². The third-order valence-corrected chi connectivity index (χ3v) is 5.46. The fraction of sp³-hybridized carbons (Fsp3) is 0.368. The van der Waals surface area contributed by atoms with Crippen molar-refractivity contribution in [3.8, 4) is 11.5 Å². The van der Waals surface area contributed by atoms with Crippen molar-refractivity contribution in [2.45, 2.75) is 47.2 Å². The van der Waals surface area contributed by atoms with Gasteiger partial charge in [0.2, 0.25) is 0 Å². The van der Waals surface area contributed by atoms with Crippen molar-refractivity contribution in [3.63, 3.8) is 0 Å². The van der Waals surface area contributed by atoms with E-state index in [4.69, 9.17) is 8.85 Å². The average Bonchev–Trinajstić information content (AvgIpc) is 2.36. The number of benzene rings is 2. The fourth-order valence-corrected chi connectivity index (χ4v) is 4.97. The van der Waals surface area contributed by atoms with Gasteiger partial charge in [-0.3, -0.25) is 0 Å². The summed E-state index contributed by atoms with van der Waals surface area (Å²) < 4.78 is 12.7. The molecule has 0 N–H and O–H groups in total. The van der Waals surface area contributed by atoms with E-state index in [2.05, 4.69) is 65.1 Å². The van der Waals surface area contributed by atoms with E-state index in [0.717, 1.165) is 17.9 Å². The zero-order valence-electron chi connectivity index (χ0n) is 14.3. The second kappa shape index (κ2) is 5.16. The van der Waals surface area contributed by atoms with E-state index in [9.17, 15) is 0 Å². The summed E-state index contributed by atoms with van der Waals surface area (Å²) in [4.78, 5) is 0. The topological polar surface area (TPSA) is 18.5 Å². The first-order valence-corrected chi connectivity index (χ1v) is 10.6. The minimum absolute atomic E-state index is 0.861. The van der Waals surface area contributed by atoms with Crippen molar-refractivity contribution >= 4 is 8.56 Å². The van der Waals surface area contributed by atoms with E-state index >= 15 is 0 Å². The molecule has 0 unspecified atom stereocenters. The molecule has 0 aliphatic carbocycles. The average molecular weight is 312 g/mol. The van der Waals surface area contributed by atoms with E-state index < -0.39 is 8.56 Å². The van der Waals surface area contributed by atoms with Gasteiger partial charge in [0.15, 0.2) is 0 Å². The Bertz CT molecular complexity index is 686. The summed E-state index contributed by atoms with van der Waals surface area (Å²) in [6.07, 6.45) is 0.861. The fourth-order valence-electron chi connectivity index (χ4n) is 3.36. The Hall–Kier alpha value is -1.74. The molecule has 2 aromatic rings. The van der Waals surface area contributed by atoms with E-state index in [1.807, 2.05) is 0 Å². The van der Waals surface area contributed by atoms with Gasteiger partial charge >= 0.3 is 8.56 Å². The maximum atomic E-state index is 6.37. The Balaban J connectivity index is 2.24. The summed E-state index contributed by atoms with van der Waals surface area (Å²) in [5.74, 6) is 2.04. The maximum Gasteiger partial charge on any atom is 0.454 e.